The van der Waals surface area contributed by atoms with Crippen molar-refractivity contribution in [2.45, 2.75) is 19.9 Å². The third kappa shape index (κ3) is 5.54. The summed E-state index contributed by atoms with van der Waals surface area (Å²) in [6.07, 6.45) is 2.15. The highest BCUT2D eigenvalue weighted by atomic mass is 35.5. The Kier molecular flexibility index (Phi) is 6.98. The van der Waals surface area contributed by atoms with Crippen molar-refractivity contribution >= 4 is 23.3 Å². The molecule has 0 bridgehead atoms. The van der Waals surface area contributed by atoms with Crippen molar-refractivity contribution in [3.05, 3.63) is 88.8 Å². The molecule has 0 aliphatic carbocycles. The monoisotopic (exact) mass is 394 g/mol. The van der Waals surface area contributed by atoms with Crippen LogP contribution in [0.2, 0.25) is 5.02 Å². The molecule has 0 unspecified atom stereocenters. The van der Waals surface area contributed by atoms with Crippen molar-refractivity contribution in [1.29, 1.82) is 0 Å². The molecule has 0 aliphatic heterocycles. The molecular formula is C22H23ClN4O. The predicted molar refractivity (Wildman–Crippen MR) is 113 cm³/mol. The number of hydrogen-bond acceptors (Lipinski definition) is 4. The van der Waals surface area contributed by atoms with Gasteiger partial charge in [0, 0.05) is 30.7 Å². The van der Waals surface area contributed by atoms with E-state index in [1.54, 1.807) is 6.07 Å². The number of rotatable bonds is 8. The van der Waals surface area contributed by atoms with Gasteiger partial charge < -0.3 is 10.2 Å². The lowest BCUT2D eigenvalue weighted by Crippen LogP contribution is -2.28. The molecule has 1 N–H and O–H groups in total. The SMILES string of the molecule is CCN(Cc1ccccc1)c1cc(C(=O)NCCc2cccc(Cl)c2)ncn1. The highest BCUT2D eigenvalue weighted by Crippen LogP contribution is 2.15. The summed E-state index contributed by atoms with van der Waals surface area (Å²) in [7, 11) is 0. The molecule has 0 saturated heterocycles. The molecule has 0 fully saturated rings. The van der Waals surface area contributed by atoms with Gasteiger partial charge in [-0.25, -0.2) is 9.97 Å². The first-order valence-electron chi connectivity index (χ1n) is 9.29. The number of nitrogens with one attached hydrogen (secondary N) is 1. The molecule has 1 heterocycles. The molecule has 28 heavy (non-hydrogen) atoms. The van der Waals surface area contributed by atoms with E-state index in [-0.39, 0.29) is 5.91 Å². The highest BCUT2D eigenvalue weighted by Gasteiger charge is 2.12. The Labute approximate surface area is 170 Å². The fourth-order valence-electron chi connectivity index (χ4n) is 2.91. The summed E-state index contributed by atoms with van der Waals surface area (Å²) in [6, 6.07) is 19.5. The summed E-state index contributed by atoms with van der Waals surface area (Å²) in [5.41, 5.74) is 2.63. The van der Waals surface area contributed by atoms with Gasteiger partial charge in [0.25, 0.3) is 5.91 Å². The number of hydrogen-bond donors (Lipinski definition) is 1. The Morgan fingerprint density at radius 1 is 1.04 bits per heavy atom. The fraction of sp³-hybridized carbons (Fsp3) is 0.227. The van der Waals surface area contributed by atoms with Crippen molar-refractivity contribution in [2.75, 3.05) is 18.0 Å². The van der Waals surface area contributed by atoms with E-state index in [4.69, 9.17) is 11.6 Å². The van der Waals surface area contributed by atoms with Gasteiger partial charge in [0.15, 0.2) is 0 Å². The molecule has 0 atom stereocenters. The number of benzene rings is 2. The molecule has 3 rings (SSSR count). The van der Waals surface area contributed by atoms with Gasteiger partial charge in [0.05, 0.1) is 0 Å². The molecule has 0 aliphatic rings. The molecular weight excluding hydrogens is 372 g/mol. The second-order valence-corrected chi connectivity index (χ2v) is 6.83. The van der Waals surface area contributed by atoms with Gasteiger partial charge in [0.1, 0.15) is 17.8 Å². The van der Waals surface area contributed by atoms with E-state index in [0.29, 0.717) is 23.7 Å². The minimum absolute atomic E-state index is 0.207. The minimum Gasteiger partial charge on any atom is -0.352 e. The van der Waals surface area contributed by atoms with Gasteiger partial charge in [-0.2, -0.15) is 0 Å². The third-order valence-electron chi connectivity index (χ3n) is 4.40. The molecule has 6 heteroatoms. The predicted octanol–water partition coefficient (Wildman–Crippen LogP) is 4.13. The number of carbonyl (C=O) groups excluding carboxylic acids is 1. The van der Waals surface area contributed by atoms with E-state index in [1.807, 2.05) is 42.5 Å². The number of halogens is 1. The van der Waals surface area contributed by atoms with Crippen LogP contribution in [0, 0.1) is 0 Å². The van der Waals surface area contributed by atoms with Crippen LogP contribution in [0.1, 0.15) is 28.5 Å². The molecule has 144 valence electrons. The number of amides is 1. The third-order valence-corrected chi connectivity index (χ3v) is 4.63. The molecule has 5 nitrogen and oxygen atoms in total. The number of nitrogens with zero attached hydrogens (tertiary/aromatic N) is 3. The van der Waals surface area contributed by atoms with Gasteiger partial charge in [-0.05, 0) is 36.6 Å². The average Bonchev–Trinajstić information content (AvgIpc) is 2.73. The van der Waals surface area contributed by atoms with E-state index in [9.17, 15) is 4.79 Å². The zero-order valence-electron chi connectivity index (χ0n) is 15.8. The summed E-state index contributed by atoms with van der Waals surface area (Å²) in [5.74, 6) is 0.530. The van der Waals surface area contributed by atoms with Crippen LogP contribution in [0.15, 0.2) is 67.0 Å². The van der Waals surface area contributed by atoms with Crippen LogP contribution in [-0.4, -0.2) is 29.0 Å². The van der Waals surface area contributed by atoms with Crippen molar-refractivity contribution in [1.82, 2.24) is 15.3 Å². The maximum Gasteiger partial charge on any atom is 0.270 e. The topological polar surface area (TPSA) is 58.1 Å². The number of carbonyl (C=O) groups is 1. The zero-order chi connectivity index (χ0) is 19.8. The van der Waals surface area contributed by atoms with Crippen LogP contribution in [0.25, 0.3) is 0 Å². The lowest BCUT2D eigenvalue weighted by atomic mass is 10.1. The second-order valence-electron chi connectivity index (χ2n) is 6.40. The molecule has 1 amide bonds. The Balaban J connectivity index is 1.61. The normalized spacial score (nSPS) is 10.5. The molecule has 0 saturated carbocycles. The van der Waals surface area contributed by atoms with Crippen LogP contribution in [0.4, 0.5) is 5.82 Å². The number of anilines is 1. The van der Waals surface area contributed by atoms with Gasteiger partial charge in [0.2, 0.25) is 0 Å². The van der Waals surface area contributed by atoms with E-state index in [2.05, 4.69) is 39.2 Å². The zero-order valence-corrected chi connectivity index (χ0v) is 16.6. The molecule has 1 aromatic heterocycles. The fourth-order valence-corrected chi connectivity index (χ4v) is 3.12. The van der Waals surface area contributed by atoms with Crippen molar-refractivity contribution in [3.8, 4) is 0 Å². The maximum absolute atomic E-state index is 12.5. The van der Waals surface area contributed by atoms with Gasteiger partial charge in [-0.3, -0.25) is 4.79 Å². The Morgan fingerprint density at radius 2 is 1.82 bits per heavy atom. The van der Waals surface area contributed by atoms with E-state index in [0.717, 1.165) is 24.5 Å². The summed E-state index contributed by atoms with van der Waals surface area (Å²) < 4.78 is 0. The first kappa shape index (κ1) is 19.8. The quantitative estimate of drug-likeness (QED) is 0.624. The van der Waals surface area contributed by atoms with Crippen molar-refractivity contribution in [2.24, 2.45) is 0 Å². The second kappa shape index (κ2) is 9.85. The standard InChI is InChI=1S/C22H23ClN4O/c1-2-27(15-18-7-4-3-5-8-18)21-14-20(25-16-26-21)22(28)24-12-11-17-9-6-10-19(23)13-17/h3-10,13-14,16H,2,11-12,15H2,1H3,(H,24,28). The lowest BCUT2D eigenvalue weighted by molar-refractivity contribution is 0.0949. The lowest BCUT2D eigenvalue weighted by Gasteiger charge is -2.22. The molecule has 0 spiro atoms. The Hall–Kier alpha value is -2.92. The van der Waals surface area contributed by atoms with E-state index < -0.39 is 0 Å². The van der Waals surface area contributed by atoms with Crippen molar-refractivity contribution < 1.29 is 4.79 Å². The minimum atomic E-state index is -0.207. The van der Waals surface area contributed by atoms with Crippen molar-refractivity contribution in [3.63, 3.8) is 0 Å². The summed E-state index contributed by atoms with van der Waals surface area (Å²) >= 11 is 5.99. The summed E-state index contributed by atoms with van der Waals surface area (Å²) in [6.45, 7) is 4.09. The largest absolute Gasteiger partial charge is 0.352 e. The van der Waals surface area contributed by atoms with E-state index in [1.165, 1.54) is 11.9 Å². The van der Waals surface area contributed by atoms with Gasteiger partial charge >= 0.3 is 0 Å². The Morgan fingerprint density at radius 3 is 2.57 bits per heavy atom. The van der Waals surface area contributed by atoms with Crippen LogP contribution in [-0.2, 0) is 13.0 Å². The van der Waals surface area contributed by atoms with Crippen LogP contribution < -0.4 is 10.2 Å². The average molecular weight is 395 g/mol. The first-order valence-corrected chi connectivity index (χ1v) is 9.67. The van der Waals surface area contributed by atoms with Gasteiger partial charge in [-0.15, -0.1) is 0 Å². The maximum atomic E-state index is 12.5. The van der Waals surface area contributed by atoms with Crippen LogP contribution in [0.3, 0.4) is 0 Å². The number of aromatic nitrogens is 2. The van der Waals surface area contributed by atoms with E-state index >= 15 is 0 Å². The van der Waals surface area contributed by atoms with Crippen LogP contribution in [0.5, 0.6) is 0 Å². The van der Waals surface area contributed by atoms with Crippen LogP contribution >= 0.6 is 11.6 Å². The smallest absolute Gasteiger partial charge is 0.270 e. The first-order chi connectivity index (χ1) is 13.7. The molecule has 3 aromatic rings. The van der Waals surface area contributed by atoms with Gasteiger partial charge in [-0.1, -0.05) is 54.1 Å². The summed E-state index contributed by atoms with van der Waals surface area (Å²) in [4.78, 5) is 23.1. The Bertz CT molecular complexity index is 917. The molecule has 0 radical (unpaired) electrons. The highest BCUT2D eigenvalue weighted by molar-refractivity contribution is 6.30. The molecule has 2 aromatic carbocycles. The summed E-state index contributed by atoms with van der Waals surface area (Å²) in [5, 5.41) is 3.61.